The molecule has 1 amide bonds. The molecular weight excluding hydrogens is 238 g/mol. The highest BCUT2D eigenvalue weighted by Gasteiger charge is 2.40. The number of hydrogen-bond donors (Lipinski definition) is 1. The van der Waals surface area contributed by atoms with Crippen LogP contribution in [0.25, 0.3) is 0 Å². The number of likely N-dealkylation sites (tertiary alicyclic amines) is 1. The van der Waals surface area contributed by atoms with Gasteiger partial charge in [0.15, 0.2) is 0 Å². The van der Waals surface area contributed by atoms with Crippen LogP contribution in [0.15, 0.2) is 0 Å². The molecule has 0 aromatic heterocycles. The Labute approximate surface area is 116 Å². The Morgan fingerprint density at radius 3 is 2.58 bits per heavy atom. The monoisotopic (exact) mass is 265 g/mol. The molecule has 4 unspecified atom stereocenters. The molecule has 3 rings (SSSR count). The lowest BCUT2D eigenvalue weighted by Crippen LogP contribution is -2.41. The highest BCUT2D eigenvalue weighted by Crippen LogP contribution is 2.43. The molecule has 3 aliphatic rings. The highest BCUT2D eigenvalue weighted by atomic mass is 16.3. The Kier molecular flexibility index (Phi) is 3.59. The molecule has 108 valence electrons. The number of β-amino-alcohol motifs (C(OH)–C–C–N with tert-alkyl or cyclic N) is 1. The molecule has 0 bridgehead atoms. The minimum absolute atomic E-state index is 0.244. The van der Waals surface area contributed by atoms with Crippen LogP contribution in [0.4, 0.5) is 0 Å². The molecule has 0 spiro atoms. The van der Waals surface area contributed by atoms with Crippen molar-refractivity contribution in [3.63, 3.8) is 0 Å². The third-order valence-corrected chi connectivity index (χ3v) is 5.65. The summed E-state index contributed by atoms with van der Waals surface area (Å²) in [6.07, 6.45) is 9.68. The smallest absolute Gasteiger partial charge is 0.225 e. The fourth-order valence-electron chi connectivity index (χ4n) is 4.49. The van der Waals surface area contributed by atoms with Gasteiger partial charge >= 0.3 is 0 Å². The molecule has 0 aromatic carbocycles. The van der Waals surface area contributed by atoms with Crippen molar-refractivity contribution in [3.8, 4) is 0 Å². The summed E-state index contributed by atoms with van der Waals surface area (Å²) < 4.78 is 0. The van der Waals surface area contributed by atoms with Crippen LogP contribution in [0.2, 0.25) is 0 Å². The fraction of sp³-hybridized carbons (Fsp3) is 0.938. The standard InChI is InChI=1S/C16H27NO2/c1-16(19)8-9-17(11-16)15(18)14-7-6-12-4-2-3-5-13(12)10-14/h12-14,19H,2-11H2,1H3. The van der Waals surface area contributed by atoms with Gasteiger partial charge in [0.1, 0.15) is 0 Å². The van der Waals surface area contributed by atoms with Crippen molar-refractivity contribution in [2.75, 3.05) is 13.1 Å². The van der Waals surface area contributed by atoms with E-state index in [1.807, 2.05) is 11.8 Å². The van der Waals surface area contributed by atoms with Crippen molar-refractivity contribution in [2.24, 2.45) is 17.8 Å². The van der Waals surface area contributed by atoms with E-state index in [4.69, 9.17) is 0 Å². The quantitative estimate of drug-likeness (QED) is 0.791. The molecule has 2 saturated carbocycles. The number of hydrogen-bond acceptors (Lipinski definition) is 2. The molecule has 1 N–H and O–H groups in total. The van der Waals surface area contributed by atoms with Gasteiger partial charge < -0.3 is 10.0 Å². The highest BCUT2D eigenvalue weighted by molar-refractivity contribution is 5.79. The second kappa shape index (κ2) is 5.08. The maximum absolute atomic E-state index is 12.6. The average molecular weight is 265 g/mol. The van der Waals surface area contributed by atoms with Crippen LogP contribution < -0.4 is 0 Å². The number of aliphatic hydroxyl groups is 1. The van der Waals surface area contributed by atoms with E-state index in [1.165, 1.54) is 32.1 Å². The third kappa shape index (κ3) is 2.81. The van der Waals surface area contributed by atoms with E-state index in [-0.39, 0.29) is 5.92 Å². The lowest BCUT2D eigenvalue weighted by Gasteiger charge is -2.39. The molecule has 4 atom stereocenters. The zero-order valence-electron chi connectivity index (χ0n) is 12.1. The Balaban J connectivity index is 1.59. The predicted octanol–water partition coefficient (Wildman–Crippen LogP) is 2.58. The number of rotatable bonds is 1. The molecule has 19 heavy (non-hydrogen) atoms. The molecule has 0 radical (unpaired) electrons. The molecule has 3 nitrogen and oxygen atoms in total. The number of amides is 1. The molecule has 1 saturated heterocycles. The van der Waals surface area contributed by atoms with Gasteiger partial charge in [0, 0.05) is 19.0 Å². The first-order valence-electron chi connectivity index (χ1n) is 8.06. The summed E-state index contributed by atoms with van der Waals surface area (Å²) in [5.41, 5.74) is -0.655. The van der Waals surface area contributed by atoms with E-state index in [9.17, 15) is 9.90 Å². The Morgan fingerprint density at radius 2 is 1.89 bits per heavy atom. The SMILES string of the molecule is CC1(O)CCN(C(=O)C2CCC3CCCCC3C2)C1. The summed E-state index contributed by atoms with van der Waals surface area (Å²) in [5.74, 6) is 2.27. The van der Waals surface area contributed by atoms with Crippen molar-refractivity contribution in [1.29, 1.82) is 0 Å². The second-order valence-electron chi connectivity index (χ2n) is 7.32. The van der Waals surface area contributed by atoms with E-state index in [2.05, 4.69) is 0 Å². The van der Waals surface area contributed by atoms with E-state index in [1.54, 1.807) is 0 Å². The van der Waals surface area contributed by atoms with Crippen LogP contribution >= 0.6 is 0 Å². The van der Waals surface area contributed by atoms with Gasteiger partial charge in [-0.15, -0.1) is 0 Å². The first-order valence-corrected chi connectivity index (χ1v) is 8.06. The Hall–Kier alpha value is -0.570. The summed E-state index contributed by atoms with van der Waals surface area (Å²) in [7, 11) is 0. The molecule has 0 aromatic rings. The lowest BCUT2D eigenvalue weighted by molar-refractivity contribution is -0.137. The van der Waals surface area contributed by atoms with Gasteiger partial charge in [-0.3, -0.25) is 4.79 Å². The summed E-state index contributed by atoms with van der Waals surface area (Å²) in [4.78, 5) is 14.5. The predicted molar refractivity (Wildman–Crippen MR) is 74.6 cm³/mol. The molecular formula is C16H27NO2. The molecule has 3 heteroatoms. The molecule has 1 aliphatic heterocycles. The first kappa shape index (κ1) is 13.4. The van der Waals surface area contributed by atoms with Gasteiger partial charge in [0.05, 0.1) is 5.60 Å². The normalized spacial score (nSPS) is 43.1. The van der Waals surface area contributed by atoms with Gasteiger partial charge in [-0.1, -0.05) is 25.7 Å². The maximum Gasteiger partial charge on any atom is 0.225 e. The summed E-state index contributed by atoms with van der Waals surface area (Å²) in [6, 6.07) is 0. The van der Waals surface area contributed by atoms with Gasteiger partial charge in [-0.2, -0.15) is 0 Å². The van der Waals surface area contributed by atoms with Crippen LogP contribution in [0, 0.1) is 17.8 Å². The first-order chi connectivity index (χ1) is 9.05. The van der Waals surface area contributed by atoms with E-state index in [0.29, 0.717) is 12.5 Å². The van der Waals surface area contributed by atoms with Crippen molar-refractivity contribution in [2.45, 2.75) is 63.9 Å². The minimum Gasteiger partial charge on any atom is -0.388 e. The lowest BCUT2D eigenvalue weighted by atomic mass is 9.67. The van der Waals surface area contributed by atoms with Crippen molar-refractivity contribution in [3.05, 3.63) is 0 Å². The summed E-state index contributed by atoms with van der Waals surface area (Å²) in [5, 5.41) is 10.0. The topological polar surface area (TPSA) is 40.5 Å². The third-order valence-electron chi connectivity index (χ3n) is 5.65. The van der Waals surface area contributed by atoms with Crippen molar-refractivity contribution >= 4 is 5.91 Å². The van der Waals surface area contributed by atoms with E-state index in [0.717, 1.165) is 37.6 Å². The van der Waals surface area contributed by atoms with Gasteiger partial charge in [0.25, 0.3) is 0 Å². The number of carbonyl (C=O) groups is 1. The van der Waals surface area contributed by atoms with Crippen LogP contribution in [0.3, 0.4) is 0 Å². The fourth-order valence-corrected chi connectivity index (χ4v) is 4.49. The van der Waals surface area contributed by atoms with Crippen LogP contribution in [0.1, 0.15) is 58.3 Å². The molecule has 2 aliphatic carbocycles. The molecule has 3 fully saturated rings. The Bertz CT molecular complexity index is 353. The summed E-state index contributed by atoms with van der Waals surface area (Å²) >= 11 is 0. The zero-order valence-corrected chi connectivity index (χ0v) is 12.1. The average Bonchev–Trinajstić information content (AvgIpc) is 2.78. The minimum atomic E-state index is -0.655. The number of nitrogens with zero attached hydrogens (tertiary/aromatic N) is 1. The maximum atomic E-state index is 12.6. The number of fused-ring (bicyclic) bond motifs is 1. The molecule has 1 heterocycles. The summed E-state index contributed by atoms with van der Waals surface area (Å²) in [6.45, 7) is 3.13. The zero-order chi connectivity index (χ0) is 13.5. The van der Waals surface area contributed by atoms with Crippen molar-refractivity contribution < 1.29 is 9.90 Å². The van der Waals surface area contributed by atoms with E-state index < -0.39 is 5.60 Å². The Morgan fingerprint density at radius 1 is 1.16 bits per heavy atom. The van der Waals surface area contributed by atoms with Gasteiger partial charge in [0.2, 0.25) is 5.91 Å². The van der Waals surface area contributed by atoms with Gasteiger partial charge in [-0.05, 0) is 44.4 Å². The van der Waals surface area contributed by atoms with Crippen LogP contribution in [-0.4, -0.2) is 34.6 Å². The van der Waals surface area contributed by atoms with Crippen LogP contribution in [0.5, 0.6) is 0 Å². The second-order valence-corrected chi connectivity index (χ2v) is 7.32. The van der Waals surface area contributed by atoms with Gasteiger partial charge in [-0.25, -0.2) is 0 Å². The number of carbonyl (C=O) groups excluding carboxylic acids is 1. The van der Waals surface area contributed by atoms with Crippen molar-refractivity contribution in [1.82, 2.24) is 4.90 Å². The van der Waals surface area contributed by atoms with E-state index >= 15 is 0 Å². The van der Waals surface area contributed by atoms with Crippen LogP contribution in [-0.2, 0) is 4.79 Å². The largest absolute Gasteiger partial charge is 0.388 e.